The molecule has 0 radical (unpaired) electrons. The maximum atomic E-state index is 13.5. The lowest BCUT2D eigenvalue weighted by Gasteiger charge is -2.44. The van der Waals surface area contributed by atoms with E-state index in [1.54, 1.807) is 0 Å². The molecule has 2 fully saturated rings. The van der Waals surface area contributed by atoms with Crippen molar-refractivity contribution in [2.24, 2.45) is 17.6 Å². The number of nitrogens with zero attached hydrogens (tertiary/aromatic N) is 1. The van der Waals surface area contributed by atoms with E-state index in [9.17, 15) is 19.8 Å². The minimum atomic E-state index is -1.27. The Balaban J connectivity index is 1.69. The number of piperidine rings is 1. The summed E-state index contributed by atoms with van der Waals surface area (Å²) in [6, 6.07) is 13.5. The van der Waals surface area contributed by atoms with E-state index in [1.165, 1.54) is 12.5 Å². The molecule has 1 saturated heterocycles. The fraction of sp³-hybridized carbons (Fsp3) is 0.548. The summed E-state index contributed by atoms with van der Waals surface area (Å²) < 4.78 is 0. The highest BCUT2D eigenvalue weighted by atomic mass is 35.5. The Morgan fingerprint density at radius 1 is 1.21 bits per heavy atom. The Labute approximate surface area is 236 Å². The molecule has 5 unspecified atom stereocenters. The van der Waals surface area contributed by atoms with Gasteiger partial charge < -0.3 is 26.2 Å². The van der Waals surface area contributed by atoms with Gasteiger partial charge in [-0.15, -0.1) is 0 Å². The molecule has 5 atom stereocenters. The van der Waals surface area contributed by atoms with Gasteiger partial charge in [-0.1, -0.05) is 54.9 Å². The first-order valence-corrected chi connectivity index (χ1v) is 14.6. The number of nitrogens with one attached hydrogen (secondary N) is 1. The molecule has 39 heavy (non-hydrogen) atoms. The lowest BCUT2D eigenvalue weighted by atomic mass is 9.72. The van der Waals surface area contributed by atoms with Crippen LogP contribution in [0, 0.1) is 11.8 Å². The summed E-state index contributed by atoms with van der Waals surface area (Å²) >= 11 is 6.83. The van der Waals surface area contributed by atoms with E-state index >= 15 is 0 Å². The lowest BCUT2D eigenvalue weighted by molar-refractivity contribution is -0.141. The Morgan fingerprint density at radius 2 is 1.97 bits per heavy atom. The molecule has 4 rings (SSSR count). The predicted octanol–water partition coefficient (Wildman–Crippen LogP) is 4.01. The largest absolute Gasteiger partial charge is 0.391 e. The van der Waals surface area contributed by atoms with Crippen molar-refractivity contribution in [1.82, 2.24) is 10.2 Å². The SMILES string of the molecule is CCc1cccc(-c2c(Cl)cccc2C(O)(CCCNC(C)=O)C2CCCN(C(=O)C3CC(N)C(O)C3)C2)c1. The molecular weight excluding hydrogens is 514 g/mol. The van der Waals surface area contributed by atoms with Gasteiger partial charge in [-0.2, -0.15) is 0 Å². The zero-order valence-electron chi connectivity index (χ0n) is 23.0. The van der Waals surface area contributed by atoms with Crippen LogP contribution in [0.25, 0.3) is 11.1 Å². The summed E-state index contributed by atoms with van der Waals surface area (Å²) in [6.07, 6.45) is 3.61. The van der Waals surface area contributed by atoms with Gasteiger partial charge in [0.25, 0.3) is 0 Å². The van der Waals surface area contributed by atoms with Gasteiger partial charge in [-0.3, -0.25) is 9.59 Å². The molecule has 212 valence electrons. The number of aryl methyl sites for hydroxylation is 1. The first-order chi connectivity index (χ1) is 18.6. The first-order valence-electron chi connectivity index (χ1n) is 14.2. The summed E-state index contributed by atoms with van der Waals surface area (Å²) in [5, 5.41) is 26.2. The molecule has 0 bridgehead atoms. The van der Waals surface area contributed by atoms with Crippen molar-refractivity contribution in [2.45, 2.75) is 76.5 Å². The lowest BCUT2D eigenvalue weighted by Crippen LogP contribution is -2.49. The van der Waals surface area contributed by atoms with Gasteiger partial charge in [-0.05, 0) is 67.7 Å². The van der Waals surface area contributed by atoms with Crippen molar-refractivity contribution >= 4 is 23.4 Å². The van der Waals surface area contributed by atoms with Crippen molar-refractivity contribution in [3.8, 4) is 11.1 Å². The second-order valence-electron chi connectivity index (χ2n) is 11.3. The van der Waals surface area contributed by atoms with Crippen molar-refractivity contribution in [3.05, 3.63) is 58.6 Å². The molecule has 2 aromatic carbocycles. The highest BCUT2D eigenvalue weighted by Crippen LogP contribution is 2.46. The van der Waals surface area contributed by atoms with E-state index in [4.69, 9.17) is 17.3 Å². The number of rotatable bonds is 9. The summed E-state index contributed by atoms with van der Waals surface area (Å²) in [4.78, 5) is 26.8. The topological polar surface area (TPSA) is 116 Å². The van der Waals surface area contributed by atoms with Crippen LogP contribution in [0.2, 0.25) is 5.02 Å². The van der Waals surface area contributed by atoms with Crippen LogP contribution < -0.4 is 11.1 Å². The van der Waals surface area contributed by atoms with E-state index in [0.717, 1.165) is 36.0 Å². The Hall–Kier alpha value is -2.45. The first kappa shape index (κ1) is 29.5. The number of benzene rings is 2. The summed E-state index contributed by atoms with van der Waals surface area (Å²) in [6.45, 7) is 5.08. The molecule has 2 aliphatic rings. The van der Waals surface area contributed by atoms with Gasteiger partial charge >= 0.3 is 0 Å². The molecule has 1 saturated carbocycles. The van der Waals surface area contributed by atoms with Crippen molar-refractivity contribution in [3.63, 3.8) is 0 Å². The van der Waals surface area contributed by atoms with Crippen molar-refractivity contribution in [2.75, 3.05) is 19.6 Å². The molecule has 5 N–H and O–H groups in total. The molecule has 1 aliphatic heterocycles. The van der Waals surface area contributed by atoms with E-state index in [-0.39, 0.29) is 29.7 Å². The van der Waals surface area contributed by atoms with Gasteiger partial charge in [0.15, 0.2) is 0 Å². The smallest absolute Gasteiger partial charge is 0.225 e. The van der Waals surface area contributed by atoms with Crippen LogP contribution in [0.5, 0.6) is 0 Å². The predicted molar refractivity (Wildman–Crippen MR) is 154 cm³/mol. The Morgan fingerprint density at radius 3 is 2.67 bits per heavy atom. The van der Waals surface area contributed by atoms with Crippen LogP contribution in [0.1, 0.15) is 63.5 Å². The number of aliphatic hydroxyl groups is 2. The highest BCUT2D eigenvalue weighted by molar-refractivity contribution is 6.33. The van der Waals surface area contributed by atoms with E-state index in [0.29, 0.717) is 50.3 Å². The fourth-order valence-electron chi connectivity index (χ4n) is 6.38. The second-order valence-corrected chi connectivity index (χ2v) is 11.7. The summed E-state index contributed by atoms with van der Waals surface area (Å²) in [7, 11) is 0. The Kier molecular flexibility index (Phi) is 9.70. The molecule has 2 aromatic rings. The van der Waals surface area contributed by atoms with Crippen LogP contribution in [-0.4, -0.2) is 58.7 Å². The molecule has 1 aliphatic carbocycles. The third-order valence-corrected chi connectivity index (χ3v) is 8.86. The number of hydrogen-bond acceptors (Lipinski definition) is 5. The molecule has 8 heteroatoms. The van der Waals surface area contributed by atoms with Crippen LogP contribution in [0.3, 0.4) is 0 Å². The van der Waals surface area contributed by atoms with Crippen molar-refractivity contribution < 1.29 is 19.8 Å². The summed E-state index contributed by atoms with van der Waals surface area (Å²) in [5.74, 6) is -0.613. The van der Waals surface area contributed by atoms with E-state index in [2.05, 4.69) is 24.4 Å². The zero-order valence-corrected chi connectivity index (χ0v) is 23.8. The van der Waals surface area contributed by atoms with Crippen LogP contribution >= 0.6 is 11.6 Å². The monoisotopic (exact) mass is 555 g/mol. The van der Waals surface area contributed by atoms with E-state index < -0.39 is 11.7 Å². The normalized spacial score (nSPS) is 24.8. The van der Waals surface area contributed by atoms with Gasteiger partial charge in [0.2, 0.25) is 11.8 Å². The third-order valence-electron chi connectivity index (χ3n) is 8.55. The molecule has 7 nitrogen and oxygen atoms in total. The average molecular weight is 556 g/mol. The van der Waals surface area contributed by atoms with Gasteiger partial charge in [0.05, 0.1) is 11.7 Å². The number of nitrogens with two attached hydrogens (primary N) is 1. The minimum absolute atomic E-state index is 0.00857. The number of carbonyl (C=O) groups is 2. The number of likely N-dealkylation sites (tertiary alicyclic amines) is 1. The fourth-order valence-corrected chi connectivity index (χ4v) is 6.66. The van der Waals surface area contributed by atoms with Crippen LogP contribution in [-0.2, 0) is 21.6 Å². The highest BCUT2D eigenvalue weighted by Gasteiger charge is 2.44. The molecule has 0 aromatic heterocycles. The molecule has 2 amide bonds. The average Bonchev–Trinajstić information content (AvgIpc) is 3.28. The number of amides is 2. The number of carbonyl (C=O) groups excluding carboxylic acids is 2. The molecule has 1 heterocycles. The van der Waals surface area contributed by atoms with Gasteiger partial charge in [0, 0.05) is 55.0 Å². The van der Waals surface area contributed by atoms with Gasteiger partial charge in [0.1, 0.15) is 0 Å². The second kappa shape index (κ2) is 12.8. The maximum Gasteiger partial charge on any atom is 0.225 e. The molecule has 0 spiro atoms. The van der Waals surface area contributed by atoms with E-state index in [1.807, 2.05) is 35.2 Å². The molecular formula is C31H42ClN3O4. The minimum Gasteiger partial charge on any atom is -0.391 e. The zero-order chi connectivity index (χ0) is 28.2. The van der Waals surface area contributed by atoms with Gasteiger partial charge in [-0.25, -0.2) is 0 Å². The number of halogens is 1. The standard InChI is InChI=1S/C31H42ClN3O4/c1-3-21-8-4-9-22(16-21)29-25(11-5-12-26(29)32)31(39,13-7-14-34-20(2)36)24-10-6-15-35(19-24)30(38)23-17-27(33)28(37)18-23/h4-5,8-9,11-12,16,23-24,27-28,37,39H,3,6-7,10,13-15,17-19,33H2,1-2H3,(H,34,36). The number of hydrogen-bond donors (Lipinski definition) is 4. The number of aliphatic hydroxyl groups excluding tert-OH is 1. The quantitative estimate of drug-likeness (QED) is 0.349. The van der Waals surface area contributed by atoms with Crippen LogP contribution in [0.4, 0.5) is 0 Å². The summed E-state index contributed by atoms with van der Waals surface area (Å²) in [5.41, 5.74) is 8.42. The maximum absolute atomic E-state index is 13.5. The Bertz CT molecular complexity index is 1160. The van der Waals surface area contributed by atoms with Crippen LogP contribution in [0.15, 0.2) is 42.5 Å². The van der Waals surface area contributed by atoms with Crippen molar-refractivity contribution in [1.29, 1.82) is 0 Å². The third kappa shape index (κ3) is 6.65.